The number of aromatic nitrogens is 1. The molecule has 0 saturated heterocycles. The Bertz CT molecular complexity index is 801. The Hall–Kier alpha value is -2.14. The molecule has 0 saturated carbocycles. The van der Waals surface area contributed by atoms with Crippen molar-refractivity contribution in [1.82, 2.24) is 4.98 Å². The highest BCUT2D eigenvalue weighted by molar-refractivity contribution is 7.18. The van der Waals surface area contributed by atoms with Crippen molar-refractivity contribution in [2.24, 2.45) is 0 Å². The molecule has 0 aliphatic rings. The molecule has 4 nitrogen and oxygen atoms in total. The van der Waals surface area contributed by atoms with Gasteiger partial charge in [-0.15, -0.1) is 11.3 Å². The average Bonchev–Trinajstić information content (AvgIpc) is 2.90. The summed E-state index contributed by atoms with van der Waals surface area (Å²) >= 11 is 1.62. The van der Waals surface area contributed by atoms with Gasteiger partial charge < -0.3 is 9.73 Å². The quantitative estimate of drug-likeness (QED) is 0.772. The Morgan fingerprint density at radius 3 is 2.75 bits per heavy atom. The second kappa shape index (κ2) is 4.76. The largest absolute Gasteiger partial charge is 0.466 e. The lowest BCUT2D eigenvalue weighted by atomic mass is 10.2. The van der Waals surface area contributed by atoms with Gasteiger partial charge in [-0.2, -0.15) is 0 Å². The Morgan fingerprint density at radius 1 is 1.25 bits per heavy atom. The zero-order valence-electron chi connectivity index (χ0n) is 11.5. The first-order chi connectivity index (χ1) is 9.52. The Morgan fingerprint density at radius 2 is 2.05 bits per heavy atom. The lowest BCUT2D eigenvalue weighted by Gasteiger charge is -2.03. The first-order valence-corrected chi connectivity index (χ1v) is 7.10. The molecule has 102 valence electrons. The summed E-state index contributed by atoms with van der Waals surface area (Å²) in [5.74, 6) is 1.22. The van der Waals surface area contributed by atoms with Crippen LogP contribution in [0.1, 0.15) is 26.9 Å². The smallest absolute Gasteiger partial charge is 0.259 e. The van der Waals surface area contributed by atoms with Gasteiger partial charge in [0.05, 0.1) is 20.8 Å². The van der Waals surface area contributed by atoms with Gasteiger partial charge in [-0.25, -0.2) is 4.98 Å². The maximum Gasteiger partial charge on any atom is 0.259 e. The van der Waals surface area contributed by atoms with Crippen molar-refractivity contribution in [2.45, 2.75) is 20.8 Å². The number of carbonyl (C=O) groups excluding carboxylic acids is 1. The van der Waals surface area contributed by atoms with E-state index in [0.717, 1.165) is 26.7 Å². The molecule has 0 aliphatic carbocycles. The number of thiazole rings is 1. The number of aryl methyl sites for hydroxylation is 3. The first kappa shape index (κ1) is 12.9. The molecule has 0 unspecified atom stereocenters. The summed E-state index contributed by atoms with van der Waals surface area (Å²) in [6, 6.07) is 7.48. The van der Waals surface area contributed by atoms with E-state index >= 15 is 0 Å². The van der Waals surface area contributed by atoms with Crippen molar-refractivity contribution in [1.29, 1.82) is 0 Å². The lowest BCUT2D eigenvalue weighted by molar-refractivity contribution is 0.102. The number of carbonyl (C=O) groups is 1. The van der Waals surface area contributed by atoms with Crippen LogP contribution < -0.4 is 5.32 Å². The summed E-state index contributed by atoms with van der Waals surface area (Å²) in [7, 11) is 0. The fourth-order valence-corrected chi connectivity index (χ4v) is 3.04. The molecule has 3 rings (SSSR count). The molecule has 1 aromatic carbocycles. The van der Waals surface area contributed by atoms with E-state index in [4.69, 9.17) is 4.42 Å². The molecule has 0 atom stereocenters. The monoisotopic (exact) mass is 286 g/mol. The molecule has 0 radical (unpaired) electrons. The predicted molar refractivity (Wildman–Crippen MR) is 80.5 cm³/mol. The van der Waals surface area contributed by atoms with Crippen molar-refractivity contribution in [2.75, 3.05) is 5.32 Å². The highest BCUT2D eigenvalue weighted by Crippen LogP contribution is 2.25. The second-order valence-electron chi connectivity index (χ2n) is 4.70. The van der Waals surface area contributed by atoms with Crippen LogP contribution in [0.4, 0.5) is 5.69 Å². The van der Waals surface area contributed by atoms with Crippen LogP contribution in [0.2, 0.25) is 0 Å². The molecule has 5 heteroatoms. The Balaban J connectivity index is 1.88. The van der Waals surface area contributed by atoms with E-state index in [-0.39, 0.29) is 5.91 Å². The van der Waals surface area contributed by atoms with Gasteiger partial charge in [-0.1, -0.05) is 0 Å². The van der Waals surface area contributed by atoms with Crippen molar-refractivity contribution in [3.05, 3.63) is 46.4 Å². The highest BCUT2D eigenvalue weighted by Gasteiger charge is 2.14. The molecular weight excluding hydrogens is 272 g/mol. The summed E-state index contributed by atoms with van der Waals surface area (Å²) in [6.45, 7) is 5.59. The van der Waals surface area contributed by atoms with Gasteiger partial charge in [0.25, 0.3) is 5.91 Å². The van der Waals surface area contributed by atoms with Crippen molar-refractivity contribution >= 4 is 33.1 Å². The number of nitrogens with one attached hydrogen (secondary N) is 1. The normalized spacial score (nSPS) is 10.9. The van der Waals surface area contributed by atoms with Crippen molar-refractivity contribution in [3.63, 3.8) is 0 Å². The minimum absolute atomic E-state index is 0.153. The fraction of sp³-hybridized carbons (Fsp3) is 0.200. The number of amides is 1. The number of furan rings is 1. The third-order valence-electron chi connectivity index (χ3n) is 3.04. The fourth-order valence-electron chi connectivity index (χ4n) is 2.17. The molecule has 1 amide bonds. The SMILES string of the molecule is Cc1cc(C(=O)Nc2ccc3nc(C)sc3c2)c(C)o1. The van der Waals surface area contributed by atoms with E-state index in [1.165, 1.54) is 0 Å². The van der Waals surface area contributed by atoms with Gasteiger partial charge in [0.15, 0.2) is 0 Å². The van der Waals surface area contributed by atoms with Crippen LogP contribution in [0.25, 0.3) is 10.2 Å². The van der Waals surface area contributed by atoms with E-state index < -0.39 is 0 Å². The van der Waals surface area contributed by atoms with Gasteiger partial charge in [-0.05, 0) is 45.0 Å². The van der Waals surface area contributed by atoms with Crippen LogP contribution in [-0.4, -0.2) is 10.9 Å². The van der Waals surface area contributed by atoms with Gasteiger partial charge in [-0.3, -0.25) is 4.79 Å². The van der Waals surface area contributed by atoms with E-state index in [1.54, 1.807) is 24.3 Å². The van der Waals surface area contributed by atoms with Gasteiger partial charge in [0.2, 0.25) is 0 Å². The zero-order valence-corrected chi connectivity index (χ0v) is 12.3. The molecule has 2 aromatic heterocycles. The van der Waals surface area contributed by atoms with Crippen molar-refractivity contribution < 1.29 is 9.21 Å². The Labute approximate surface area is 120 Å². The number of hydrogen-bond donors (Lipinski definition) is 1. The third-order valence-corrected chi connectivity index (χ3v) is 3.97. The van der Waals surface area contributed by atoms with Crippen LogP contribution in [0.5, 0.6) is 0 Å². The molecule has 0 bridgehead atoms. The van der Waals surface area contributed by atoms with Crippen LogP contribution in [0.15, 0.2) is 28.7 Å². The number of rotatable bonds is 2. The van der Waals surface area contributed by atoms with Crippen LogP contribution in [0, 0.1) is 20.8 Å². The molecule has 0 spiro atoms. The number of nitrogens with zero attached hydrogens (tertiary/aromatic N) is 1. The summed E-state index contributed by atoms with van der Waals surface area (Å²) in [6.07, 6.45) is 0. The minimum atomic E-state index is -0.153. The number of benzene rings is 1. The molecule has 2 heterocycles. The highest BCUT2D eigenvalue weighted by atomic mass is 32.1. The third kappa shape index (κ3) is 2.32. The van der Waals surface area contributed by atoms with Gasteiger partial charge in [0, 0.05) is 5.69 Å². The first-order valence-electron chi connectivity index (χ1n) is 6.28. The van der Waals surface area contributed by atoms with Crippen LogP contribution in [0.3, 0.4) is 0 Å². The number of hydrogen-bond acceptors (Lipinski definition) is 4. The van der Waals surface area contributed by atoms with Crippen molar-refractivity contribution in [3.8, 4) is 0 Å². The summed E-state index contributed by atoms with van der Waals surface area (Å²) in [5, 5.41) is 3.91. The van der Waals surface area contributed by atoms with Gasteiger partial charge >= 0.3 is 0 Å². The average molecular weight is 286 g/mol. The minimum Gasteiger partial charge on any atom is -0.466 e. The number of fused-ring (bicyclic) bond motifs is 1. The number of anilines is 1. The molecule has 0 fully saturated rings. The lowest BCUT2D eigenvalue weighted by Crippen LogP contribution is -2.11. The molecule has 0 aliphatic heterocycles. The molecule has 1 N–H and O–H groups in total. The van der Waals surface area contributed by atoms with E-state index in [2.05, 4.69) is 10.3 Å². The zero-order chi connectivity index (χ0) is 14.3. The van der Waals surface area contributed by atoms with E-state index in [1.807, 2.05) is 32.0 Å². The van der Waals surface area contributed by atoms with E-state index in [9.17, 15) is 4.79 Å². The molecular formula is C15H14N2O2S. The summed E-state index contributed by atoms with van der Waals surface area (Å²) in [4.78, 5) is 16.6. The van der Waals surface area contributed by atoms with Gasteiger partial charge in [0.1, 0.15) is 11.5 Å². The standard InChI is InChI=1S/C15H14N2O2S/c1-8-6-12(9(2)19-8)15(18)17-11-4-5-13-14(7-11)20-10(3)16-13/h4-7H,1-3H3,(H,17,18). The maximum absolute atomic E-state index is 12.2. The predicted octanol–water partition coefficient (Wildman–Crippen LogP) is 4.07. The Kier molecular flexibility index (Phi) is 3.06. The summed E-state index contributed by atoms with van der Waals surface area (Å²) < 4.78 is 6.45. The van der Waals surface area contributed by atoms with Crippen LogP contribution >= 0.6 is 11.3 Å². The molecule has 3 aromatic rings. The van der Waals surface area contributed by atoms with E-state index in [0.29, 0.717) is 11.3 Å². The summed E-state index contributed by atoms with van der Waals surface area (Å²) in [5.41, 5.74) is 2.30. The van der Waals surface area contributed by atoms with Crippen LogP contribution in [-0.2, 0) is 0 Å². The topological polar surface area (TPSA) is 55.1 Å². The second-order valence-corrected chi connectivity index (χ2v) is 5.93. The maximum atomic E-state index is 12.2. The molecule has 20 heavy (non-hydrogen) atoms.